The number of aliphatic imine (C=N–C) groups is 1. The first-order valence-corrected chi connectivity index (χ1v) is 7.86. The fourth-order valence-electron chi connectivity index (χ4n) is 2.70. The van der Waals surface area contributed by atoms with Gasteiger partial charge >= 0.3 is 0 Å². The Bertz CT molecular complexity index is 561. The van der Waals surface area contributed by atoms with E-state index in [0.717, 1.165) is 42.3 Å². The van der Waals surface area contributed by atoms with E-state index in [1.807, 2.05) is 12.1 Å². The second kappa shape index (κ2) is 7.20. The molecule has 1 aliphatic heterocycles. The Morgan fingerprint density at radius 2 is 2.05 bits per heavy atom. The molecule has 0 bridgehead atoms. The molecule has 0 saturated carbocycles. The zero-order valence-electron chi connectivity index (χ0n) is 13.0. The third-order valence-corrected chi connectivity index (χ3v) is 3.87. The van der Waals surface area contributed by atoms with Crippen LogP contribution in [0.25, 0.3) is 0 Å². The maximum atomic E-state index is 5.84. The van der Waals surface area contributed by atoms with Gasteiger partial charge in [0.15, 0.2) is 17.5 Å². The summed E-state index contributed by atoms with van der Waals surface area (Å²) in [6, 6.07) is 6.46. The normalized spacial score (nSPS) is 18.1. The largest absolute Gasteiger partial charge is 0.490 e. The molecule has 1 heterocycles. The van der Waals surface area contributed by atoms with Crippen molar-refractivity contribution in [2.24, 2.45) is 4.99 Å². The fraction of sp³-hybridized carbons (Fsp3) is 0.471. The summed E-state index contributed by atoms with van der Waals surface area (Å²) >= 11 is 0. The first kappa shape index (κ1) is 14.8. The van der Waals surface area contributed by atoms with E-state index in [1.54, 1.807) is 7.05 Å². The number of nitrogens with one attached hydrogen (secondary N) is 2. The van der Waals surface area contributed by atoms with Crippen LogP contribution in [0.3, 0.4) is 0 Å². The van der Waals surface area contributed by atoms with Gasteiger partial charge in [0.1, 0.15) is 0 Å². The molecular formula is C17H23N3O2. The number of benzene rings is 1. The maximum absolute atomic E-state index is 5.84. The van der Waals surface area contributed by atoms with Gasteiger partial charge in [0.25, 0.3) is 0 Å². The highest BCUT2D eigenvalue weighted by atomic mass is 16.5. The van der Waals surface area contributed by atoms with Crippen molar-refractivity contribution in [3.63, 3.8) is 0 Å². The number of rotatable bonds is 3. The van der Waals surface area contributed by atoms with Crippen molar-refractivity contribution in [2.45, 2.75) is 31.8 Å². The van der Waals surface area contributed by atoms with Crippen LogP contribution in [-0.2, 0) is 6.54 Å². The number of nitrogens with zero attached hydrogens (tertiary/aromatic N) is 1. The molecule has 0 atom stereocenters. The Morgan fingerprint density at radius 1 is 1.23 bits per heavy atom. The predicted octanol–water partition coefficient (Wildman–Crippen LogP) is 2.23. The summed E-state index contributed by atoms with van der Waals surface area (Å²) in [5.41, 5.74) is 1.09. The Labute approximate surface area is 131 Å². The van der Waals surface area contributed by atoms with Crippen LogP contribution in [0, 0.1) is 0 Å². The van der Waals surface area contributed by atoms with Crippen LogP contribution < -0.4 is 20.1 Å². The van der Waals surface area contributed by atoms with Crippen molar-refractivity contribution in [1.82, 2.24) is 10.6 Å². The number of hydrogen-bond acceptors (Lipinski definition) is 3. The average molecular weight is 301 g/mol. The van der Waals surface area contributed by atoms with E-state index < -0.39 is 0 Å². The SMILES string of the molecule is CN=C(NCc1cccc2c1OCCCO2)NC1CC=CC1. The standard InChI is InChI=1S/C17H23N3O2/c1-18-17(20-14-7-2-3-8-14)19-12-13-6-4-9-15-16(13)22-11-5-10-21-15/h2-4,6,9,14H,5,7-8,10-12H2,1H3,(H2,18,19,20). The Kier molecular flexibility index (Phi) is 4.83. The van der Waals surface area contributed by atoms with Gasteiger partial charge in [-0.25, -0.2) is 0 Å². The minimum absolute atomic E-state index is 0.443. The monoisotopic (exact) mass is 301 g/mol. The average Bonchev–Trinajstić information content (AvgIpc) is 2.93. The van der Waals surface area contributed by atoms with E-state index in [9.17, 15) is 0 Å². The number of hydrogen-bond donors (Lipinski definition) is 2. The van der Waals surface area contributed by atoms with Crippen molar-refractivity contribution in [3.8, 4) is 11.5 Å². The van der Waals surface area contributed by atoms with Gasteiger partial charge in [-0.05, 0) is 18.9 Å². The molecule has 0 amide bonds. The molecule has 0 radical (unpaired) electrons. The molecule has 22 heavy (non-hydrogen) atoms. The summed E-state index contributed by atoms with van der Waals surface area (Å²) < 4.78 is 11.6. The van der Waals surface area contributed by atoms with Gasteiger partial charge in [0.2, 0.25) is 0 Å². The Balaban J connectivity index is 1.63. The van der Waals surface area contributed by atoms with Gasteiger partial charge in [-0.3, -0.25) is 4.99 Å². The van der Waals surface area contributed by atoms with E-state index in [1.165, 1.54) is 0 Å². The minimum atomic E-state index is 0.443. The molecule has 0 spiro atoms. The van der Waals surface area contributed by atoms with Crippen molar-refractivity contribution in [2.75, 3.05) is 20.3 Å². The molecular weight excluding hydrogens is 278 g/mol. The van der Waals surface area contributed by atoms with E-state index >= 15 is 0 Å². The third kappa shape index (κ3) is 3.53. The quantitative estimate of drug-likeness (QED) is 0.511. The highest BCUT2D eigenvalue weighted by Gasteiger charge is 2.15. The fourth-order valence-corrected chi connectivity index (χ4v) is 2.70. The molecule has 2 N–H and O–H groups in total. The lowest BCUT2D eigenvalue weighted by molar-refractivity contribution is 0.296. The highest BCUT2D eigenvalue weighted by molar-refractivity contribution is 5.80. The van der Waals surface area contributed by atoms with Crippen molar-refractivity contribution < 1.29 is 9.47 Å². The molecule has 5 nitrogen and oxygen atoms in total. The molecule has 3 rings (SSSR count). The highest BCUT2D eigenvalue weighted by Crippen LogP contribution is 2.33. The first-order chi connectivity index (χ1) is 10.9. The minimum Gasteiger partial charge on any atom is -0.490 e. The number of ether oxygens (including phenoxy) is 2. The van der Waals surface area contributed by atoms with Crippen molar-refractivity contribution in [1.29, 1.82) is 0 Å². The van der Waals surface area contributed by atoms with Gasteiger partial charge < -0.3 is 20.1 Å². The van der Waals surface area contributed by atoms with E-state index in [4.69, 9.17) is 9.47 Å². The van der Waals surface area contributed by atoms with Crippen LogP contribution in [0.5, 0.6) is 11.5 Å². The molecule has 0 saturated heterocycles. The second-order valence-electron chi connectivity index (χ2n) is 5.50. The van der Waals surface area contributed by atoms with Gasteiger partial charge in [-0.1, -0.05) is 24.3 Å². The van der Waals surface area contributed by atoms with Gasteiger partial charge in [-0.2, -0.15) is 0 Å². The zero-order chi connectivity index (χ0) is 15.2. The van der Waals surface area contributed by atoms with Gasteiger partial charge in [0, 0.05) is 31.6 Å². The van der Waals surface area contributed by atoms with Gasteiger partial charge in [-0.15, -0.1) is 0 Å². The van der Waals surface area contributed by atoms with Crippen molar-refractivity contribution in [3.05, 3.63) is 35.9 Å². The number of para-hydroxylation sites is 1. The maximum Gasteiger partial charge on any atom is 0.191 e. The second-order valence-corrected chi connectivity index (χ2v) is 5.50. The van der Waals surface area contributed by atoms with Crippen LogP contribution >= 0.6 is 0 Å². The molecule has 1 aromatic carbocycles. The van der Waals surface area contributed by atoms with E-state index in [-0.39, 0.29) is 0 Å². The van der Waals surface area contributed by atoms with E-state index in [0.29, 0.717) is 25.8 Å². The number of fused-ring (bicyclic) bond motifs is 1. The topological polar surface area (TPSA) is 54.9 Å². The lowest BCUT2D eigenvalue weighted by Crippen LogP contribution is -2.42. The van der Waals surface area contributed by atoms with Crippen LogP contribution in [-0.4, -0.2) is 32.3 Å². The van der Waals surface area contributed by atoms with Crippen LogP contribution in [0.1, 0.15) is 24.8 Å². The molecule has 0 fully saturated rings. The zero-order valence-corrected chi connectivity index (χ0v) is 13.0. The van der Waals surface area contributed by atoms with Crippen LogP contribution in [0.15, 0.2) is 35.3 Å². The predicted molar refractivity (Wildman–Crippen MR) is 87.5 cm³/mol. The lowest BCUT2D eigenvalue weighted by Gasteiger charge is -2.18. The van der Waals surface area contributed by atoms with Crippen LogP contribution in [0.4, 0.5) is 0 Å². The summed E-state index contributed by atoms with van der Waals surface area (Å²) in [5, 5.41) is 6.79. The summed E-state index contributed by atoms with van der Waals surface area (Å²) in [5.74, 6) is 2.51. The molecule has 1 aliphatic carbocycles. The summed E-state index contributed by atoms with van der Waals surface area (Å²) in [6.45, 7) is 2.07. The molecule has 1 aromatic rings. The van der Waals surface area contributed by atoms with Crippen molar-refractivity contribution >= 4 is 5.96 Å². The smallest absolute Gasteiger partial charge is 0.191 e. The molecule has 2 aliphatic rings. The molecule has 5 heteroatoms. The van der Waals surface area contributed by atoms with Crippen LogP contribution in [0.2, 0.25) is 0 Å². The Morgan fingerprint density at radius 3 is 2.86 bits per heavy atom. The van der Waals surface area contributed by atoms with E-state index in [2.05, 4.69) is 33.8 Å². The molecule has 0 unspecified atom stereocenters. The third-order valence-electron chi connectivity index (χ3n) is 3.87. The molecule has 0 aromatic heterocycles. The Hall–Kier alpha value is -2.17. The lowest BCUT2D eigenvalue weighted by atomic mass is 10.2. The number of guanidine groups is 1. The summed E-state index contributed by atoms with van der Waals surface area (Å²) in [4.78, 5) is 4.29. The summed E-state index contributed by atoms with van der Waals surface area (Å²) in [6.07, 6.45) is 7.43. The first-order valence-electron chi connectivity index (χ1n) is 7.86. The molecule has 118 valence electrons. The summed E-state index contributed by atoms with van der Waals surface area (Å²) in [7, 11) is 1.79. The van der Waals surface area contributed by atoms with Gasteiger partial charge in [0.05, 0.1) is 13.2 Å².